The van der Waals surface area contributed by atoms with Crippen LogP contribution in [0.1, 0.15) is 44.4 Å². The maximum atomic E-state index is 12.5. The number of pyridine rings is 1. The number of carbonyl (C=O) groups is 2. The van der Waals surface area contributed by atoms with Gasteiger partial charge in [-0.2, -0.15) is 0 Å². The van der Waals surface area contributed by atoms with Gasteiger partial charge in [0.05, 0.1) is 23.1 Å². The van der Waals surface area contributed by atoms with Crippen molar-refractivity contribution in [3.63, 3.8) is 0 Å². The molecule has 0 saturated carbocycles. The number of anilines is 3. The molecule has 222 valence electrons. The summed E-state index contributed by atoms with van der Waals surface area (Å²) in [6.45, 7) is 8.15. The molecule has 8 nitrogen and oxygen atoms in total. The van der Waals surface area contributed by atoms with Gasteiger partial charge in [-0.1, -0.05) is 24.3 Å². The van der Waals surface area contributed by atoms with Gasteiger partial charge in [-0.3, -0.25) is 14.6 Å². The minimum absolute atomic E-state index is 0.00315. The number of para-hydroxylation sites is 1. The van der Waals surface area contributed by atoms with Gasteiger partial charge in [-0.25, -0.2) is 0 Å². The molecule has 2 aromatic heterocycles. The zero-order chi connectivity index (χ0) is 30.6. The number of nitrogens with zero attached hydrogens (tertiary/aromatic N) is 1. The molecule has 2 aliphatic rings. The molecular formula is C36H35N5O3. The van der Waals surface area contributed by atoms with E-state index in [-0.39, 0.29) is 17.9 Å². The standard InChI is InChI=1S/C36H35N5O3/c1-35(2)28-15-21(9-11-31(28)40-33(35)42)22-14-26(19-37-17-22)44-20-25(13-23-18-38-30-8-6-5-7-27(23)30)39-24-10-12-32-29(16-24)36(3,4)34(43)41-32/h5-12,14-19,25,38-39H,13,20H2,1-4H3,(H,40,42)(H,41,43)/t25-/m0/s1. The van der Waals surface area contributed by atoms with Crippen LogP contribution in [0.25, 0.3) is 22.0 Å². The second kappa shape index (κ2) is 10.3. The van der Waals surface area contributed by atoms with E-state index >= 15 is 0 Å². The SMILES string of the molecule is CC1(C)C(=O)Nc2ccc(N[C@H](COc3cncc(-c4ccc5c(c4)C(C)(C)C(=O)N5)c3)Cc3c[nH]c4ccccc34)cc21. The van der Waals surface area contributed by atoms with Gasteiger partial charge in [0.15, 0.2) is 0 Å². The molecule has 8 heteroatoms. The van der Waals surface area contributed by atoms with Crippen LogP contribution < -0.4 is 20.7 Å². The summed E-state index contributed by atoms with van der Waals surface area (Å²) < 4.78 is 6.40. The number of hydrogen-bond acceptors (Lipinski definition) is 5. The van der Waals surface area contributed by atoms with Crippen molar-refractivity contribution < 1.29 is 14.3 Å². The maximum absolute atomic E-state index is 12.5. The topological polar surface area (TPSA) is 108 Å². The highest BCUT2D eigenvalue weighted by molar-refractivity contribution is 6.06. The van der Waals surface area contributed by atoms with Crippen molar-refractivity contribution >= 4 is 39.8 Å². The molecule has 44 heavy (non-hydrogen) atoms. The van der Waals surface area contributed by atoms with Gasteiger partial charge < -0.3 is 25.7 Å². The lowest BCUT2D eigenvalue weighted by atomic mass is 9.85. The van der Waals surface area contributed by atoms with E-state index in [9.17, 15) is 9.59 Å². The summed E-state index contributed by atoms with van der Waals surface area (Å²) in [4.78, 5) is 32.8. The lowest BCUT2D eigenvalue weighted by Gasteiger charge is -2.22. The molecule has 4 N–H and O–H groups in total. The lowest BCUT2D eigenvalue weighted by molar-refractivity contribution is -0.120. The molecule has 0 unspecified atom stereocenters. The van der Waals surface area contributed by atoms with Crippen LogP contribution in [0.2, 0.25) is 0 Å². The molecule has 0 radical (unpaired) electrons. The highest BCUT2D eigenvalue weighted by atomic mass is 16.5. The zero-order valence-corrected chi connectivity index (χ0v) is 25.2. The Morgan fingerprint density at radius 2 is 1.52 bits per heavy atom. The lowest BCUT2D eigenvalue weighted by Crippen LogP contribution is -2.30. The number of amides is 2. The Kier molecular flexibility index (Phi) is 6.46. The van der Waals surface area contributed by atoms with Gasteiger partial charge in [-0.05, 0) is 98.8 Å². The van der Waals surface area contributed by atoms with Crippen LogP contribution in [0.15, 0.2) is 85.3 Å². The van der Waals surface area contributed by atoms with Crippen molar-refractivity contribution in [3.8, 4) is 16.9 Å². The Morgan fingerprint density at radius 1 is 0.818 bits per heavy atom. The zero-order valence-electron chi connectivity index (χ0n) is 25.2. The summed E-state index contributed by atoms with van der Waals surface area (Å²) in [6.07, 6.45) is 6.32. The number of aromatic nitrogens is 2. The number of ether oxygens (including phenoxy) is 1. The second-order valence-corrected chi connectivity index (χ2v) is 12.8. The van der Waals surface area contributed by atoms with Gasteiger partial charge >= 0.3 is 0 Å². The number of benzene rings is 3. The van der Waals surface area contributed by atoms with Crippen LogP contribution in [-0.4, -0.2) is 34.4 Å². The summed E-state index contributed by atoms with van der Waals surface area (Å²) in [5, 5.41) is 10.8. The van der Waals surface area contributed by atoms with E-state index in [2.05, 4.69) is 62.4 Å². The molecule has 0 fully saturated rings. The van der Waals surface area contributed by atoms with Gasteiger partial charge in [0, 0.05) is 45.9 Å². The molecule has 3 aromatic carbocycles. The maximum Gasteiger partial charge on any atom is 0.234 e. The molecule has 0 spiro atoms. The molecule has 0 bridgehead atoms. The summed E-state index contributed by atoms with van der Waals surface area (Å²) in [5.41, 5.74) is 7.57. The third-order valence-electron chi connectivity index (χ3n) is 9.03. The van der Waals surface area contributed by atoms with Gasteiger partial charge in [0.1, 0.15) is 12.4 Å². The van der Waals surface area contributed by atoms with Gasteiger partial charge in [0.25, 0.3) is 0 Å². The van der Waals surface area contributed by atoms with Crippen LogP contribution in [0, 0.1) is 0 Å². The highest BCUT2D eigenvalue weighted by Gasteiger charge is 2.39. The Balaban J connectivity index is 1.15. The summed E-state index contributed by atoms with van der Waals surface area (Å²) >= 11 is 0. The van der Waals surface area contributed by atoms with Crippen molar-refractivity contribution in [2.24, 2.45) is 0 Å². The largest absolute Gasteiger partial charge is 0.490 e. The second-order valence-electron chi connectivity index (χ2n) is 12.8. The van der Waals surface area contributed by atoms with Crippen molar-refractivity contribution in [1.29, 1.82) is 0 Å². The highest BCUT2D eigenvalue weighted by Crippen LogP contribution is 2.40. The summed E-state index contributed by atoms with van der Waals surface area (Å²) in [6, 6.07) is 22.2. The van der Waals surface area contributed by atoms with Gasteiger partial charge in [0.2, 0.25) is 11.8 Å². The first-order valence-electron chi connectivity index (χ1n) is 14.9. The molecular weight excluding hydrogens is 550 g/mol. The monoisotopic (exact) mass is 585 g/mol. The molecule has 5 aromatic rings. The number of carbonyl (C=O) groups excluding carboxylic acids is 2. The fourth-order valence-electron chi connectivity index (χ4n) is 6.22. The first-order valence-corrected chi connectivity index (χ1v) is 14.9. The number of nitrogens with one attached hydrogen (secondary N) is 4. The first-order chi connectivity index (χ1) is 21.1. The quantitative estimate of drug-likeness (QED) is 0.160. The number of H-pyrrole nitrogens is 1. The molecule has 0 saturated heterocycles. The number of aromatic amines is 1. The smallest absolute Gasteiger partial charge is 0.234 e. The number of fused-ring (bicyclic) bond motifs is 3. The minimum Gasteiger partial charge on any atom is -0.490 e. The Bertz CT molecular complexity index is 1940. The third-order valence-corrected chi connectivity index (χ3v) is 9.03. The molecule has 0 aliphatic carbocycles. The fourth-order valence-corrected chi connectivity index (χ4v) is 6.22. The summed E-state index contributed by atoms with van der Waals surface area (Å²) in [7, 11) is 0. The van der Waals surface area contributed by atoms with E-state index in [0.29, 0.717) is 12.4 Å². The van der Waals surface area contributed by atoms with Gasteiger partial charge in [-0.15, -0.1) is 0 Å². The van der Waals surface area contributed by atoms with Crippen molar-refractivity contribution in [2.45, 2.75) is 51.0 Å². The predicted octanol–water partition coefficient (Wildman–Crippen LogP) is 6.79. The van der Waals surface area contributed by atoms with Crippen LogP contribution in [0.3, 0.4) is 0 Å². The van der Waals surface area contributed by atoms with Crippen LogP contribution in [0.5, 0.6) is 5.75 Å². The molecule has 4 heterocycles. The summed E-state index contributed by atoms with van der Waals surface area (Å²) in [5.74, 6) is 0.668. The average Bonchev–Trinajstić information content (AvgIpc) is 3.60. The van der Waals surface area contributed by atoms with Crippen molar-refractivity contribution in [3.05, 3.63) is 102 Å². The van der Waals surface area contributed by atoms with Crippen molar-refractivity contribution in [2.75, 3.05) is 22.6 Å². The Morgan fingerprint density at radius 3 is 2.30 bits per heavy atom. The molecule has 1 atom stereocenters. The fraction of sp³-hybridized carbons (Fsp3) is 0.250. The Hall–Kier alpha value is -5.11. The van der Waals surface area contributed by atoms with Crippen molar-refractivity contribution in [1.82, 2.24) is 9.97 Å². The van der Waals surface area contributed by atoms with Crippen LogP contribution in [-0.2, 0) is 26.8 Å². The normalized spacial score (nSPS) is 16.6. The van der Waals surface area contributed by atoms with E-state index in [1.807, 2.05) is 70.3 Å². The van der Waals surface area contributed by atoms with E-state index < -0.39 is 10.8 Å². The average molecular weight is 586 g/mol. The number of rotatable bonds is 8. The minimum atomic E-state index is -0.599. The van der Waals surface area contributed by atoms with E-state index in [1.165, 1.54) is 10.9 Å². The first kappa shape index (κ1) is 27.7. The van der Waals surface area contributed by atoms with E-state index in [1.54, 1.807) is 6.20 Å². The van der Waals surface area contributed by atoms with E-state index in [4.69, 9.17) is 4.74 Å². The van der Waals surface area contributed by atoms with Crippen LogP contribution >= 0.6 is 0 Å². The predicted molar refractivity (Wildman–Crippen MR) is 174 cm³/mol. The van der Waals surface area contributed by atoms with Crippen LogP contribution in [0.4, 0.5) is 17.1 Å². The molecule has 2 amide bonds. The number of hydrogen-bond donors (Lipinski definition) is 4. The molecule has 2 aliphatic heterocycles. The van der Waals surface area contributed by atoms with E-state index in [0.717, 1.165) is 51.3 Å². The Labute approximate surface area is 256 Å². The third kappa shape index (κ3) is 4.76. The molecule has 7 rings (SSSR count).